The molecule has 1 aromatic carbocycles. The summed E-state index contributed by atoms with van der Waals surface area (Å²) >= 11 is 0. The van der Waals surface area contributed by atoms with Gasteiger partial charge in [0.05, 0.1) is 11.9 Å². The SMILES string of the molecule is Cn1ncc(-c2cccc(F)c2)c1C1CCCN1. The molecule has 4 heteroatoms. The highest BCUT2D eigenvalue weighted by Crippen LogP contribution is 2.32. The lowest BCUT2D eigenvalue weighted by Crippen LogP contribution is -2.17. The van der Waals surface area contributed by atoms with Gasteiger partial charge in [0.2, 0.25) is 0 Å². The van der Waals surface area contributed by atoms with E-state index in [4.69, 9.17) is 0 Å². The quantitative estimate of drug-likeness (QED) is 0.881. The van der Waals surface area contributed by atoms with E-state index in [0.29, 0.717) is 6.04 Å². The van der Waals surface area contributed by atoms with E-state index in [1.54, 1.807) is 12.1 Å². The average molecular weight is 245 g/mol. The van der Waals surface area contributed by atoms with E-state index < -0.39 is 0 Å². The molecule has 0 amide bonds. The predicted molar refractivity (Wildman–Crippen MR) is 68.6 cm³/mol. The van der Waals surface area contributed by atoms with Gasteiger partial charge in [-0.05, 0) is 37.1 Å². The summed E-state index contributed by atoms with van der Waals surface area (Å²) in [5, 5.41) is 7.79. The van der Waals surface area contributed by atoms with E-state index in [-0.39, 0.29) is 5.82 Å². The van der Waals surface area contributed by atoms with Crippen LogP contribution in [-0.4, -0.2) is 16.3 Å². The van der Waals surface area contributed by atoms with E-state index in [1.165, 1.54) is 12.5 Å². The molecule has 1 aromatic heterocycles. The largest absolute Gasteiger partial charge is 0.309 e. The minimum absolute atomic E-state index is 0.207. The number of nitrogens with zero attached hydrogens (tertiary/aromatic N) is 2. The zero-order valence-corrected chi connectivity index (χ0v) is 10.4. The highest BCUT2D eigenvalue weighted by molar-refractivity contribution is 5.66. The summed E-state index contributed by atoms with van der Waals surface area (Å²) in [5.74, 6) is -0.207. The molecule has 1 unspecified atom stereocenters. The number of benzene rings is 1. The second-order valence-corrected chi connectivity index (χ2v) is 4.73. The molecule has 0 bridgehead atoms. The van der Waals surface area contributed by atoms with Crippen molar-refractivity contribution in [3.05, 3.63) is 42.0 Å². The summed E-state index contributed by atoms with van der Waals surface area (Å²) in [7, 11) is 1.94. The van der Waals surface area contributed by atoms with Crippen molar-refractivity contribution in [2.24, 2.45) is 7.05 Å². The van der Waals surface area contributed by atoms with Crippen molar-refractivity contribution in [1.82, 2.24) is 15.1 Å². The van der Waals surface area contributed by atoms with Crippen molar-refractivity contribution >= 4 is 0 Å². The fourth-order valence-corrected chi connectivity index (χ4v) is 2.66. The van der Waals surface area contributed by atoms with Crippen molar-refractivity contribution < 1.29 is 4.39 Å². The molecule has 2 aromatic rings. The molecular formula is C14H16FN3. The third-order valence-corrected chi connectivity index (χ3v) is 3.51. The summed E-state index contributed by atoms with van der Waals surface area (Å²) in [6.45, 7) is 1.04. The Balaban J connectivity index is 2.07. The minimum Gasteiger partial charge on any atom is -0.309 e. The molecule has 1 atom stereocenters. The van der Waals surface area contributed by atoms with Gasteiger partial charge in [0.15, 0.2) is 0 Å². The van der Waals surface area contributed by atoms with Gasteiger partial charge in [-0.25, -0.2) is 4.39 Å². The average Bonchev–Trinajstić information content (AvgIpc) is 2.97. The highest BCUT2D eigenvalue weighted by atomic mass is 19.1. The van der Waals surface area contributed by atoms with E-state index >= 15 is 0 Å². The summed E-state index contributed by atoms with van der Waals surface area (Å²) in [4.78, 5) is 0. The molecule has 0 radical (unpaired) electrons. The van der Waals surface area contributed by atoms with Gasteiger partial charge < -0.3 is 5.32 Å². The highest BCUT2D eigenvalue weighted by Gasteiger charge is 2.23. The fraction of sp³-hybridized carbons (Fsp3) is 0.357. The van der Waals surface area contributed by atoms with Crippen LogP contribution in [0, 0.1) is 5.82 Å². The van der Waals surface area contributed by atoms with Gasteiger partial charge in [-0.15, -0.1) is 0 Å². The number of halogens is 1. The zero-order chi connectivity index (χ0) is 12.5. The molecule has 0 saturated carbocycles. The zero-order valence-electron chi connectivity index (χ0n) is 10.4. The number of aryl methyl sites for hydroxylation is 1. The van der Waals surface area contributed by atoms with Crippen molar-refractivity contribution in [2.75, 3.05) is 6.54 Å². The third-order valence-electron chi connectivity index (χ3n) is 3.51. The Morgan fingerprint density at radius 3 is 3.06 bits per heavy atom. The molecule has 0 aliphatic carbocycles. The van der Waals surface area contributed by atoms with E-state index in [2.05, 4.69) is 10.4 Å². The molecule has 3 rings (SSSR count). The van der Waals surface area contributed by atoms with Gasteiger partial charge in [0.1, 0.15) is 5.82 Å². The maximum atomic E-state index is 13.3. The lowest BCUT2D eigenvalue weighted by atomic mass is 10.0. The fourth-order valence-electron chi connectivity index (χ4n) is 2.66. The van der Waals surface area contributed by atoms with Gasteiger partial charge in [0, 0.05) is 18.7 Å². The molecule has 1 fully saturated rings. The summed E-state index contributed by atoms with van der Waals surface area (Å²) in [6.07, 6.45) is 4.12. The number of aromatic nitrogens is 2. The van der Waals surface area contributed by atoms with E-state index in [9.17, 15) is 4.39 Å². The van der Waals surface area contributed by atoms with Crippen LogP contribution in [0.3, 0.4) is 0 Å². The van der Waals surface area contributed by atoms with E-state index in [1.807, 2.05) is 24.0 Å². The molecule has 1 aliphatic heterocycles. The van der Waals surface area contributed by atoms with Gasteiger partial charge in [-0.3, -0.25) is 4.68 Å². The minimum atomic E-state index is -0.207. The normalized spacial score (nSPS) is 19.3. The second-order valence-electron chi connectivity index (χ2n) is 4.73. The maximum absolute atomic E-state index is 13.3. The van der Waals surface area contributed by atoms with Crippen LogP contribution in [0.2, 0.25) is 0 Å². The van der Waals surface area contributed by atoms with Crippen LogP contribution in [0.15, 0.2) is 30.5 Å². The summed E-state index contributed by atoms with van der Waals surface area (Å²) in [5.41, 5.74) is 3.07. The van der Waals surface area contributed by atoms with Crippen LogP contribution in [0.25, 0.3) is 11.1 Å². The molecule has 1 saturated heterocycles. The number of rotatable bonds is 2. The first kappa shape index (κ1) is 11.4. The monoisotopic (exact) mass is 245 g/mol. The Morgan fingerprint density at radius 2 is 2.33 bits per heavy atom. The van der Waals surface area contributed by atoms with Crippen LogP contribution in [0.1, 0.15) is 24.6 Å². The second kappa shape index (κ2) is 4.53. The standard InChI is InChI=1S/C14H16FN3/c1-18-14(13-6-3-7-16-13)12(9-17-18)10-4-2-5-11(15)8-10/h2,4-5,8-9,13,16H,3,6-7H2,1H3. The Morgan fingerprint density at radius 1 is 1.44 bits per heavy atom. The number of hydrogen-bond donors (Lipinski definition) is 1. The van der Waals surface area contributed by atoms with Crippen LogP contribution in [-0.2, 0) is 7.05 Å². The topological polar surface area (TPSA) is 29.9 Å². The Labute approximate surface area is 106 Å². The first-order valence-corrected chi connectivity index (χ1v) is 6.27. The van der Waals surface area contributed by atoms with Gasteiger partial charge in [-0.2, -0.15) is 5.10 Å². The van der Waals surface area contributed by atoms with Crippen molar-refractivity contribution in [1.29, 1.82) is 0 Å². The van der Waals surface area contributed by atoms with Crippen LogP contribution in [0.4, 0.5) is 4.39 Å². The number of hydrogen-bond acceptors (Lipinski definition) is 2. The molecule has 1 aliphatic rings. The lowest BCUT2D eigenvalue weighted by Gasteiger charge is -2.13. The molecule has 1 N–H and O–H groups in total. The Hall–Kier alpha value is -1.68. The third kappa shape index (κ3) is 1.93. The van der Waals surface area contributed by atoms with Gasteiger partial charge in [-0.1, -0.05) is 12.1 Å². The molecule has 3 nitrogen and oxygen atoms in total. The Kier molecular flexibility index (Phi) is 2.88. The first-order chi connectivity index (χ1) is 8.75. The molecule has 0 spiro atoms. The molecule has 18 heavy (non-hydrogen) atoms. The maximum Gasteiger partial charge on any atom is 0.123 e. The molecule has 94 valence electrons. The van der Waals surface area contributed by atoms with Crippen molar-refractivity contribution in [3.8, 4) is 11.1 Å². The van der Waals surface area contributed by atoms with Crippen LogP contribution < -0.4 is 5.32 Å². The van der Waals surface area contributed by atoms with Crippen molar-refractivity contribution in [3.63, 3.8) is 0 Å². The summed E-state index contributed by atoms with van der Waals surface area (Å²) < 4.78 is 15.2. The first-order valence-electron chi connectivity index (χ1n) is 6.27. The lowest BCUT2D eigenvalue weighted by molar-refractivity contribution is 0.575. The van der Waals surface area contributed by atoms with Crippen molar-refractivity contribution in [2.45, 2.75) is 18.9 Å². The van der Waals surface area contributed by atoms with Gasteiger partial charge in [0.25, 0.3) is 0 Å². The predicted octanol–water partition coefficient (Wildman–Crippen LogP) is 2.65. The van der Waals surface area contributed by atoms with Crippen LogP contribution in [0.5, 0.6) is 0 Å². The van der Waals surface area contributed by atoms with Gasteiger partial charge >= 0.3 is 0 Å². The van der Waals surface area contributed by atoms with E-state index in [0.717, 1.165) is 29.8 Å². The summed E-state index contributed by atoms with van der Waals surface area (Å²) in [6, 6.07) is 7.03. The molecular weight excluding hydrogens is 229 g/mol. The Bertz CT molecular complexity index is 556. The molecule has 2 heterocycles. The van der Waals surface area contributed by atoms with Crippen LogP contribution >= 0.6 is 0 Å². The smallest absolute Gasteiger partial charge is 0.123 e. The number of nitrogens with one attached hydrogen (secondary N) is 1.